The van der Waals surface area contributed by atoms with Crippen LogP contribution in [0, 0.1) is 0 Å². The van der Waals surface area contributed by atoms with E-state index < -0.39 is 0 Å². The van der Waals surface area contributed by atoms with Crippen molar-refractivity contribution in [2.75, 3.05) is 26.5 Å². The molecule has 0 radical (unpaired) electrons. The first-order valence-electron chi connectivity index (χ1n) is 5.12. The SMILES string of the molecule is CN=C(N)Nc1cc(Cl)c(C(=O)NC)cc1OC. The largest absolute Gasteiger partial charge is 0.495 e. The number of anilines is 1. The molecule has 0 saturated carbocycles. The van der Waals surface area contributed by atoms with Crippen molar-refractivity contribution in [1.82, 2.24) is 5.32 Å². The molecular formula is C11H15ClN4O2. The van der Waals surface area contributed by atoms with Crippen molar-refractivity contribution in [3.63, 3.8) is 0 Å². The van der Waals surface area contributed by atoms with E-state index in [-0.39, 0.29) is 11.9 Å². The number of carbonyl (C=O) groups is 1. The Morgan fingerprint density at radius 2 is 2.17 bits per heavy atom. The van der Waals surface area contributed by atoms with Crippen molar-refractivity contribution >= 4 is 29.2 Å². The second-order valence-electron chi connectivity index (χ2n) is 3.35. The number of methoxy groups -OCH3 is 1. The van der Waals surface area contributed by atoms with Crippen molar-refractivity contribution < 1.29 is 9.53 Å². The first-order chi connectivity index (χ1) is 8.53. The number of amides is 1. The number of nitrogens with two attached hydrogens (primary N) is 1. The molecule has 0 bridgehead atoms. The Labute approximate surface area is 110 Å². The number of halogens is 1. The zero-order valence-electron chi connectivity index (χ0n) is 10.4. The maximum absolute atomic E-state index is 11.6. The van der Waals surface area contributed by atoms with Crippen molar-refractivity contribution in [3.8, 4) is 5.75 Å². The molecule has 0 unspecified atom stereocenters. The van der Waals surface area contributed by atoms with Gasteiger partial charge in [0.25, 0.3) is 5.91 Å². The Balaban J connectivity index is 3.22. The Morgan fingerprint density at radius 3 is 2.67 bits per heavy atom. The zero-order valence-corrected chi connectivity index (χ0v) is 11.1. The van der Waals surface area contributed by atoms with E-state index in [1.54, 1.807) is 13.1 Å². The summed E-state index contributed by atoms with van der Waals surface area (Å²) in [5, 5.41) is 5.61. The zero-order chi connectivity index (χ0) is 13.7. The van der Waals surface area contributed by atoms with Crippen LogP contribution in [0.15, 0.2) is 17.1 Å². The fourth-order valence-corrected chi connectivity index (χ4v) is 1.57. The van der Waals surface area contributed by atoms with Crippen molar-refractivity contribution in [3.05, 3.63) is 22.7 Å². The average Bonchev–Trinajstić information content (AvgIpc) is 2.38. The van der Waals surface area contributed by atoms with Gasteiger partial charge in [-0.25, -0.2) is 0 Å². The minimum atomic E-state index is -0.290. The Hall–Kier alpha value is -1.95. The number of carbonyl (C=O) groups excluding carboxylic acids is 1. The summed E-state index contributed by atoms with van der Waals surface area (Å²) in [5.74, 6) is 0.378. The van der Waals surface area contributed by atoms with Gasteiger partial charge in [0.1, 0.15) is 5.75 Å². The smallest absolute Gasteiger partial charge is 0.252 e. The van der Waals surface area contributed by atoms with Crippen molar-refractivity contribution in [2.45, 2.75) is 0 Å². The second kappa shape index (κ2) is 6.11. The van der Waals surface area contributed by atoms with E-state index >= 15 is 0 Å². The first kappa shape index (κ1) is 14.1. The van der Waals surface area contributed by atoms with Crippen LogP contribution in [-0.2, 0) is 0 Å². The lowest BCUT2D eigenvalue weighted by Gasteiger charge is -2.13. The summed E-state index contributed by atoms with van der Waals surface area (Å²) in [6, 6.07) is 3.09. The molecule has 0 saturated heterocycles. The summed E-state index contributed by atoms with van der Waals surface area (Å²) in [6.45, 7) is 0. The lowest BCUT2D eigenvalue weighted by Crippen LogP contribution is -2.23. The van der Waals surface area contributed by atoms with Crippen LogP contribution in [0.25, 0.3) is 0 Å². The highest BCUT2D eigenvalue weighted by Crippen LogP contribution is 2.31. The van der Waals surface area contributed by atoms with Crippen LogP contribution in [0.3, 0.4) is 0 Å². The number of benzene rings is 1. The molecule has 1 rings (SSSR count). The van der Waals surface area contributed by atoms with Gasteiger partial charge >= 0.3 is 0 Å². The van der Waals surface area contributed by atoms with Gasteiger partial charge in [0.15, 0.2) is 5.96 Å². The molecule has 0 aliphatic carbocycles. The fraction of sp³-hybridized carbons (Fsp3) is 0.273. The Bertz CT molecular complexity index is 488. The van der Waals surface area contributed by atoms with Crippen LogP contribution in [0.1, 0.15) is 10.4 Å². The number of nitrogens with zero attached hydrogens (tertiary/aromatic N) is 1. The van der Waals surface area contributed by atoms with E-state index in [1.807, 2.05) is 0 Å². The highest BCUT2D eigenvalue weighted by molar-refractivity contribution is 6.34. The van der Waals surface area contributed by atoms with Gasteiger partial charge < -0.3 is 21.1 Å². The lowest BCUT2D eigenvalue weighted by atomic mass is 10.1. The van der Waals surface area contributed by atoms with E-state index in [0.29, 0.717) is 22.0 Å². The molecule has 0 aliphatic rings. The molecule has 98 valence electrons. The molecule has 0 fully saturated rings. The molecule has 0 heterocycles. The topological polar surface area (TPSA) is 88.7 Å². The van der Waals surface area contributed by atoms with Crippen molar-refractivity contribution in [1.29, 1.82) is 0 Å². The molecule has 7 heteroatoms. The number of rotatable bonds is 3. The van der Waals surface area contributed by atoms with Gasteiger partial charge in [-0.1, -0.05) is 11.6 Å². The third-order valence-electron chi connectivity index (χ3n) is 2.26. The van der Waals surface area contributed by atoms with Crippen LogP contribution in [0.2, 0.25) is 5.02 Å². The van der Waals surface area contributed by atoms with E-state index in [1.165, 1.54) is 20.2 Å². The second-order valence-corrected chi connectivity index (χ2v) is 3.75. The first-order valence-corrected chi connectivity index (χ1v) is 5.50. The van der Waals surface area contributed by atoms with Crippen LogP contribution in [-0.4, -0.2) is 33.1 Å². The molecular weight excluding hydrogens is 256 g/mol. The lowest BCUT2D eigenvalue weighted by molar-refractivity contribution is 0.0963. The van der Waals surface area contributed by atoms with Crippen LogP contribution in [0.5, 0.6) is 5.75 Å². The molecule has 0 aromatic heterocycles. The van der Waals surface area contributed by atoms with Crippen LogP contribution < -0.4 is 21.1 Å². The van der Waals surface area contributed by atoms with Gasteiger partial charge in [-0.2, -0.15) is 0 Å². The number of hydrogen-bond donors (Lipinski definition) is 3. The summed E-state index contributed by atoms with van der Waals surface area (Å²) in [4.78, 5) is 15.3. The minimum Gasteiger partial charge on any atom is -0.495 e. The number of aliphatic imine (C=N–C) groups is 1. The van der Waals surface area contributed by atoms with Gasteiger partial charge in [0.2, 0.25) is 0 Å². The van der Waals surface area contributed by atoms with E-state index in [0.717, 1.165) is 0 Å². The summed E-state index contributed by atoms with van der Waals surface area (Å²) in [5.41, 5.74) is 6.43. The predicted octanol–water partition coefficient (Wildman–Crippen LogP) is 1.06. The molecule has 1 aromatic rings. The molecule has 1 amide bonds. The minimum absolute atomic E-state index is 0.219. The van der Waals surface area contributed by atoms with Crippen molar-refractivity contribution in [2.24, 2.45) is 10.7 Å². The van der Waals surface area contributed by atoms with E-state index in [4.69, 9.17) is 22.1 Å². The predicted molar refractivity (Wildman–Crippen MR) is 72.6 cm³/mol. The molecule has 0 atom stereocenters. The molecule has 0 spiro atoms. The molecule has 6 nitrogen and oxygen atoms in total. The van der Waals surface area contributed by atoms with Gasteiger partial charge in [0, 0.05) is 14.1 Å². The third kappa shape index (κ3) is 3.04. The standard InChI is InChI=1S/C11H15ClN4O2/c1-14-10(17)6-4-9(18-3)8(5-7(6)12)16-11(13)15-2/h4-5H,1-3H3,(H,14,17)(H3,13,15,16). The van der Waals surface area contributed by atoms with Crippen LogP contribution in [0.4, 0.5) is 5.69 Å². The molecule has 0 aliphatic heterocycles. The maximum atomic E-state index is 11.6. The maximum Gasteiger partial charge on any atom is 0.252 e. The number of ether oxygens (including phenoxy) is 1. The summed E-state index contributed by atoms with van der Waals surface area (Å²) < 4.78 is 5.17. The highest BCUT2D eigenvalue weighted by atomic mass is 35.5. The fourth-order valence-electron chi connectivity index (χ4n) is 1.32. The third-order valence-corrected chi connectivity index (χ3v) is 2.58. The number of guanidine groups is 1. The van der Waals surface area contributed by atoms with Gasteiger partial charge in [-0.05, 0) is 12.1 Å². The molecule has 1 aromatic carbocycles. The van der Waals surface area contributed by atoms with Gasteiger partial charge in [-0.15, -0.1) is 0 Å². The summed E-state index contributed by atoms with van der Waals surface area (Å²) in [7, 11) is 4.57. The Kier molecular flexibility index (Phi) is 4.79. The van der Waals surface area contributed by atoms with Crippen LogP contribution >= 0.6 is 11.6 Å². The Morgan fingerprint density at radius 1 is 1.50 bits per heavy atom. The van der Waals surface area contributed by atoms with E-state index in [9.17, 15) is 4.79 Å². The normalized spacial score (nSPS) is 11.0. The average molecular weight is 271 g/mol. The number of hydrogen-bond acceptors (Lipinski definition) is 3. The summed E-state index contributed by atoms with van der Waals surface area (Å²) in [6.07, 6.45) is 0. The monoisotopic (exact) mass is 270 g/mol. The van der Waals surface area contributed by atoms with Gasteiger partial charge in [-0.3, -0.25) is 9.79 Å². The van der Waals surface area contributed by atoms with Gasteiger partial charge in [0.05, 0.1) is 23.4 Å². The molecule has 18 heavy (non-hydrogen) atoms. The highest BCUT2D eigenvalue weighted by Gasteiger charge is 2.14. The molecule has 4 N–H and O–H groups in total. The van der Waals surface area contributed by atoms with E-state index in [2.05, 4.69) is 15.6 Å². The quantitative estimate of drug-likeness (QED) is 0.566. The summed E-state index contributed by atoms with van der Waals surface area (Å²) >= 11 is 6.02. The number of nitrogens with one attached hydrogen (secondary N) is 2.